The minimum Gasteiger partial charge on any atom is -0.359 e. The fourth-order valence-electron chi connectivity index (χ4n) is 2.90. The minimum atomic E-state index is -4.43. The maximum atomic E-state index is 14.0. The third-order valence-electron chi connectivity index (χ3n) is 4.46. The predicted molar refractivity (Wildman–Crippen MR) is 106 cm³/mol. The Morgan fingerprint density at radius 3 is 2.58 bits per heavy atom. The average molecular weight is 474 g/mol. The Morgan fingerprint density at radius 1 is 1.13 bits per heavy atom. The Kier molecular flexibility index (Phi) is 7.21. The predicted octanol–water partition coefficient (Wildman–Crippen LogP) is 1.40. The van der Waals surface area contributed by atoms with E-state index in [1.165, 1.54) is 0 Å². The summed E-state index contributed by atoms with van der Waals surface area (Å²) in [7, 11) is -4.43. The molecule has 1 saturated heterocycles. The topological polar surface area (TPSA) is 105 Å². The molecule has 0 bridgehead atoms. The molecule has 1 atom stereocenters. The maximum absolute atomic E-state index is 14.0. The largest absolute Gasteiger partial charge is 0.359 e. The van der Waals surface area contributed by atoms with Crippen LogP contribution >= 0.6 is 11.6 Å². The number of carbonyl (C=O) groups excluding carboxylic acids is 2. The normalized spacial score (nSPS) is 16.8. The standard InChI is InChI=1S/C19H18ClF2N3O5S/c20-14-4-2-1-3-12(14)10-23-18(26)19(27)24-11-17-25(7-8-30-17)31(28,29)16-9-13(21)5-6-15(16)22/h1-6,9,17H,7-8,10-11H2,(H,23,26)(H,24,27)/t17-/m0/s1. The lowest BCUT2D eigenvalue weighted by atomic mass is 10.2. The van der Waals surface area contributed by atoms with Gasteiger partial charge in [-0.05, 0) is 29.8 Å². The lowest BCUT2D eigenvalue weighted by Crippen LogP contribution is -2.47. The van der Waals surface area contributed by atoms with Gasteiger partial charge in [0.15, 0.2) is 0 Å². The van der Waals surface area contributed by atoms with E-state index < -0.39 is 44.6 Å². The molecule has 0 saturated carbocycles. The summed E-state index contributed by atoms with van der Waals surface area (Å²) in [5.74, 6) is -4.00. The summed E-state index contributed by atoms with van der Waals surface area (Å²) < 4.78 is 58.9. The van der Waals surface area contributed by atoms with Gasteiger partial charge in [-0.1, -0.05) is 29.8 Å². The van der Waals surface area contributed by atoms with Crippen molar-refractivity contribution in [1.82, 2.24) is 14.9 Å². The van der Waals surface area contributed by atoms with Gasteiger partial charge in [0.25, 0.3) is 0 Å². The highest BCUT2D eigenvalue weighted by Gasteiger charge is 2.38. The molecule has 1 aliphatic rings. The molecule has 2 amide bonds. The number of ether oxygens (including phenoxy) is 1. The Bertz CT molecular complexity index is 1100. The van der Waals surface area contributed by atoms with Gasteiger partial charge < -0.3 is 15.4 Å². The van der Waals surface area contributed by atoms with Crippen molar-refractivity contribution in [3.8, 4) is 0 Å². The van der Waals surface area contributed by atoms with Crippen LogP contribution in [0.5, 0.6) is 0 Å². The van der Waals surface area contributed by atoms with Crippen molar-refractivity contribution < 1.29 is 31.5 Å². The van der Waals surface area contributed by atoms with Gasteiger partial charge >= 0.3 is 11.8 Å². The molecular formula is C19H18ClF2N3O5S. The third kappa shape index (κ3) is 5.37. The van der Waals surface area contributed by atoms with Gasteiger partial charge in [-0.25, -0.2) is 17.2 Å². The number of amides is 2. The zero-order chi connectivity index (χ0) is 22.6. The number of hydrogen-bond donors (Lipinski definition) is 2. The van der Waals surface area contributed by atoms with E-state index in [-0.39, 0.29) is 26.2 Å². The first-order valence-electron chi connectivity index (χ1n) is 9.08. The third-order valence-corrected chi connectivity index (χ3v) is 6.74. The van der Waals surface area contributed by atoms with E-state index in [1.54, 1.807) is 24.3 Å². The van der Waals surface area contributed by atoms with Crippen LogP contribution in [0.1, 0.15) is 5.56 Å². The average Bonchev–Trinajstić information content (AvgIpc) is 3.22. The summed E-state index contributed by atoms with van der Waals surface area (Å²) in [5, 5.41) is 5.09. The summed E-state index contributed by atoms with van der Waals surface area (Å²) in [6, 6.07) is 8.84. The van der Waals surface area contributed by atoms with Crippen LogP contribution in [0.3, 0.4) is 0 Å². The second-order valence-corrected chi connectivity index (χ2v) is 8.77. The lowest BCUT2D eigenvalue weighted by Gasteiger charge is -2.23. The van der Waals surface area contributed by atoms with Crippen LogP contribution in [0.15, 0.2) is 47.4 Å². The van der Waals surface area contributed by atoms with Gasteiger partial charge in [0, 0.05) is 18.1 Å². The molecule has 2 N–H and O–H groups in total. The zero-order valence-electron chi connectivity index (χ0n) is 16.0. The molecule has 0 aromatic heterocycles. The fourth-order valence-corrected chi connectivity index (χ4v) is 4.69. The summed E-state index contributed by atoms with van der Waals surface area (Å²) in [6.07, 6.45) is -1.19. The van der Waals surface area contributed by atoms with Crippen molar-refractivity contribution >= 4 is 33.4 Å². The zero-order valence-corrected chi connectivity index (χ0v) is 17.6. The van der Waals surface area contributed by atoms with E-state index in [2.05, 4.69) is 10.6 Å². The molecule has 1 aliphatic heterocycles. The Morgan fingerprint density at radius 2 is 1.84 bits per heavy atom. The van der Waals surface area contributed by atoms with Crippen LogP contribution < -0.4 is 10.6 Å². The first-order chi connectivity index (χ1) is 14.7. The van der Waals surface area contributed by atoms with E-state index in [0.29, 0.717) is 22.7 Å². The van der Waals surface area contributed by atoms with E-state index in [0.717, 1.165) is 10.4 Å². The SMILES string of the molecule is O=C(NCc1ccccc1Cl)C(=O)NC[C@@H]1OCCN1S(=O)(=O)c1cc(F)ccc1F. The molecule has 166 valence electrons. The van der Waals surface area contributed by atoms with Crippen LogP contribution in [-0.4, -0.2) is 50.5 Å². The monoisotopic (exact) mass is 473 g/mol. The van der Waals surface area contributed by atoms with Gasteiger partial charge in [0.1, 0.15) is 22.8 Å². The number of carbonyl (C=O) groups is 2. The number of sulfonamides is 1. The lowest BCUT2D eigenvalue weighted by molar-refractivity contribution is -0.139. The molecule has 2 aromatic rings. The molecule has 2 aromatic carbocycles. The van der Waals surface area contributed by atoms with Crippen LogP contribution in [-0.2, 0) is 30.9 Å². The highest BCUT2D eigenvalue weighted by atomic mass is 35.5. The summed E-state index contributed by atoms with van der Waals surface area (Å²) in [6.45, 7) is -0.493. The van der Waals surface area contributed by atoms with Crippen molar-refractivity contribution in [2.45, 2.75) is 17.7 Å². The van der Waals surface area contributed by atoms with E-state index in [1.807, 2.05) is 0 Å². The van der Waals surface area contributed by atoms with E-state index in [9.17, 15) is 26.8 Å². The molecule has 0 aliphatic carbocycles. The van der Waals surface area contributed by atoms with Crippen LogP contribution in [0.2, 0.25) is 5.02 Å². The maximum Gasteiger partial charge on any atom is 0.309 e. The number of halogens is 3. The fraction of sp³-hybridized carbons (Fsp3) is 0.263. The molecule has 0 radical (unpaired) electrons. The highest BCUT2D eigenvalue weighted by Crippen LogP contribution is 2.25. The quantitative estimate of drug-likeness (QED) is 0.617. The van der Waals surface area contributed by atoms with Crippen molar-refractivity contribution in [3.05, 3.63) is 64.7 Å². The molecule has 0 spiro atoms. The van der Waals surface area contributed by atoms with Gasteiger partial charge in [-0.2, -0.15) is 4.31 Å². The number of benzene rings is 2. The molecule has 3 rings (SSSR count). The van der Waals surface area contributed by atoms with Crippen molar-refractivity contribution in [2.24, 2.45) is 0 Å². The smallest absolute Gasteiger partial charge is 0.309 e. The number of hydrogen-bond acceptors (Lipinski definition) is 5. The summed E-state index contributed by atoms with van der Waals surface area (Å²) in [5.41, 5.74) is 0.610. The second kappa shape index (κ2) is 9.69. The van der Waals surface area contributed by atoms with E-state index >= 15 is 0 Å². The van der Waals surface area contributed by atoms with Crippen LogP contribution in [0.4, 0.5) is 8.78 Å². The number of rotatable bonds is 6. The Labute approximate surface area is 182 Å². The molecule has 1 fully saturated rings. The first-order valence-corrected chi connectivity index (χ1v) is 10.9. The summed E-state index contributed by atoms with van der Waals surface area (Å²) in [4.78, 5) is 23.2. The second-order valence-electron chi connectivity index (χ2n) is 6.50. The van der Waals surface area contributed by atoms with E-state index in [4.69, 9.17) is 16.3 Å². The molecule has 1 heterocycles. The first kappa shape index (κ1) is 23.1. The molecular weight excluding hydrogens is 456 g/mol. The molecule has 0 unspecified atom stereocenters. The van der Waals surface area contributed by atoms with Crippen molar-refractivity contribution in [1.29, 1.82) is 0 Å². The molecule has 12 heteroatoms. The van der Waals surface area contributed by atoms with Crippen LogP contribution in [0.25, 0.3) is 0 Å². The minimum absolute atomic E-state index is 0.0184. The molecule has 8 nitrogen and oxygen atoms in total. The van der Waals surface area contributed by atoms with Gasteiger partial charge in [0.05, 0.1) is 13.2 Å². The van der Waals surface area contributed by atoms with Crippen LogP contribution in [0, 0.1) is 11.6 Å². The Hall–Kier alpha value is -2.60. The number of nitrogens with zero attached hydrogens (tertiary/aromatic N) is 1. The summed E-state index contributed by atoms with van der Waals surface area (Å²) >= 11 is 5.98. The highest BCUT2D eigenvalue weighted by molar-refractivity contribution is 7.89. The molecule has 31 heavy (non-hydrogen) atoms. The van der Waals surface area contributed by atoms with Crippen molar-refractivity contribution in [3.63, 3.8) is 0 Å². The van der Waals surface area contributed by atoms with Gasteiger partial charge in [-0.15, -0.1) is 0 Å². The van der Waals surface area contributed by atoms with Gasteiger partial charge in [0.2, 0.25) is 10.0 Å². The number of nitrogens with one attached hydrogen (secondary N) is 2. The van der Waals surface area contributed by atoms with Gasteiger partial charge in [-0.3, -0.25) is 9.59 Å². The Balaban J connectivity index is 1.60. The van der Waals surface area contributed by atoms with Crippen molar-refractivity contribution in [2.75, 3.05) is 19.7 Å².